The van der Waals surface area contributed by atoms with Crippen LogP contribution in [0.25, 0.3) is 0 Å². The summed E-state index contributed by atoms with van der Waals surface area (Å²) in [5, 5.41) is 20.8. The molecular weight excluding hydrogens is 500 g/mol. The second-order valence-corrected chi connectivity index (χ2v) is 11.8. The fourth-order valence-electron chi connectivity index (χ4n) is 5.67. The van der Waals surface area contributed by atoms with Gasteiger partial charge < -0.3 is 21.1 Å². The number of aliphatic hydroxyl groups is 1. The molecule has 3 aromatic carbocycles. The second-order valence-electron chi connectivity index (χ2n) is 11.8. The molecule has 0 amide bonds. The highest BCUT2D eigenvalue weighted by molar-refractivity contribution is 5.74. The van der Waals surface area contributed by atoms with Gasteiger partial charge in [-0.3, -0.25) is 9.59 Å². The van der Waals surface area contributed by atoms with Gasteiger partial charge in [0.05, 0.1) is 12.1 Å². The summed E-state index contributed by atoms with van der Waals surface area (Å²) in [6.07, 6.45) is 4.12. The molecule has 6 nitrogen and oxygen atoms in total. The average molecular weight is 540 g/mol. The van der Waals surface area contributed by atoms with E-state index in [4.69, 9.17) is 0 Å². The van der Waals surface area contributed by atoms with Gasteiger partial charge in [-0.25, -0.2) is 8.78 Å². The molecule has 2 unspecified atom stereocenters. The molecule has 210 valence electrons. The third-order valence-corrected chi connectivity index (χ3v) is 7.97. The Kier molecular flexibility index (Phi) is 8.57. The molecule has 1 aliphatic rings. The molecule has 2 atom stereocenters. The van der Waals surface area contributed by atoms with Crippen molar-refractivity contribution in [1.29, 1.82) is 0 Å². The van der Waals surface area contributed by atoms with Crippen molar-refractivity contribution in [3.8, 4) is 0 Å². The predicted molar refractivity (Wildman–Crippen MR) is 152 cm³/mol. The molecule has 39 heavy (non-hydrogen) atoms. The number of nitrogens with one attached hydrogen (secondary N) is 3. The van der Waals surface area contributed by atoms with Gasteiger partial charge >= 0.3 is 0 Å². The number of aliphatic hydroxyl groups excluding tert-OH is 1. The fraction of sp³-hybridized carbons (Fsp3) is 0.484. The van der Waals surface area contributed by atoms with E-state index in [0.29, 0.717) is 5.56 Å². The first-order valence-corrected chi connectivity index (χ1v) is 13.7. The summed E-state index contributed by atoms with van der Waals surface area (Å²) in [4.78, 5) is 24.2. The Morgan fingerprint density at radius 1 is 0.949 bits per heavy atom. The summed E-state index contributed by atoms with van der Waals surface area (Å²) in [6, 6.07) is 11.0. The molecule has 0 aliphatic heterocycles. The van der Waals surface area contributed by atoms with Gasteiger partial charge in [0.1, 0.15) is 23.0 Å². The Labute approximate surface area is 228 Å². The van der Waals surface area contributed by atoms with E-state index in [1.807, 2.05) is 0 Å². The van der Waals surface area contributed by atoms with Crippen LogP contribution in [0, 0.1) is 11.6 Å². The molecule has 0 radical (unpaired) electrons. The summed E-state index contributed by atoms with van der Waals surface area (Å²) in [7, 11) is 1.54. The molecule has 0 saturated heterocycles. The smallest absolute Gasteiger partial charge is 0.253 e. The van der Waals surface area contributed by atoms with Crippen molar-refractivity contribution < 1.29 is 13.9 Å². The number of halogens is 2. The summed E-state index contributed by atoms with van der Waals surface area (Å²) >= 11 is 0. The molecule has 0 bridgehead atoms. The maximum Gasteiger partial charge on any atom is 0.253 e. The summed E-state index contributed by atoms with van der Waals surface area (Å²) < 4.78 is 27.9. The predicted octanol–water partition coefficient (Wildman–Crippen LogP) is 4.73. The Morgan fingerprint density at radius 2 is 1.59 bits per heavy atom. The van der Waals surface area contributed by atoms with Gasteiger partial charge in [-0.2, -0.15) is 0 Å². The quantitative estimate of drug-likeness (QED) is 0.279. The molecule has 3 aromatic rings. The van der Waals surface area contributed by atoms with Crippen LogP contribution in [0.4, 0.5) is 20.2 Å². The van der Waals surface area contributed by atoms with Gasteiger partial charge in [0.25, 0.3) is 10.9 Å². The SMILES string of the molecule is CNc1c(NC(Cc2cc(F)cc(F)c2)C(O)CNC2(c3cccc(C(C)(C)C)c3)CCCCC2)c(=O)c1=O. The number of hydrogen-bond acceptors (Lipinski definition) is 6. The van der Waals surface area contributed by atoms with Crippen molar-refractivity contribution in [2.75, 3.05) is 24.2 Å². The van der Waals surface area contributed by atoms with Crippen molar-refractivity contribution in [3.63, 3.8) is 0 Å². The van der Waals surface area contributed by atoms with Crippen LogP contribution in [0.15, 0.2) is 52.1 Å². The van der Waals surface area contributed by atoms with E-state index in [-0.39, 0.29) is 35.3 Å². The molecule has 1 fully saturated rings. The van der Waals surface area contributed by atoms with Gasteiger partial charge in [0.15, 0.2) is 0 Å². The van der Waals surface area contributed by atoms with Crippen LogP contribution in [-0.4, -0.2) is 30.8 Å². The normalized spacial score (nSPS) is 17.1. The van der Waals surface area contributed by atoms with Crippen LogP contribution < -0.4 is 26.8 Å². The van der Waals surface area contributed by atoms with Gasteiger partial charge in [-0.05, 0) is 53.5 Å². The number of rotatable bonds is 10. The van der Waals surface area contributed by atoms with Crippen LogP contribution in [0.1, 0.15) is 69.6 Å². The summed E-state index contributed by atoms with van der Waals surface area (Å²) in [6.45, 7) is 6.73. The maximum atomic E-state index is 13.9. The first kappa shape index (κ1) is 28.9. The molecule has 0 aromatic heterocycles. The molecule has 8 heteroatoms. The summed E-state index contributed by atoms with van der Waals surface area (Å²) in [5.41, 5.74) is 1.31. The third kappa shape index (κ3) is 6.39. The molecule has 4 N–H and O–H groups in total. The van der Waals surface area contributed by atoms with Crippen molar-refractivity contribution in [1.82, 2.24) is 5.32 Å². The van der Waals surface area contributed by atoms with Gasteiger partial charge in [0, 0.05) is 25.2 Å². The van der Waals surface area contributed by atoms with E-state index >= 15 is 0 Å². The van der Waals surface area contributed by atoms with Crippen LogP contribution in [0.3, 0.4) is 0 Å². The van der Waals surface area contributed by atoms with Crippen molar-refractivity contribution in [3.05, 3.63) is 91.2 Å². The molecule has 0 spiro atoms. The van der Waals surface area contributed by atoms with Crippen LogP contribution in [0.2, 0.25) is 0 Å². The van der Waals surface area contributed by atoms with Crippen molar-refractivity contribution in [2.24, 2.45) is 0 Å². The Hall–Kier alpha value is -3.10. The van der Waals surface area contributed by atoms with E-state index in [9.17, 15) is 23.5 Å². The van der Waals surface area contributed by atoms with E-state index in [0.717, 1.165) is 38.2 Å². The monoisotopic (exact) mass is 539 g/mol. The van der Waals surface area contributed by atoms with E-state index in [2.05, 4.69) is 61.0 Å². The molecule has 0 heterocycles. The molecular formula is C31H39F2N3O3. The highest BCUT2D eigenvalue weighted by Gasteiger charge is 2.36. The van der Waals surface area contributed by atoms with Crippen molar-refractivity contribution in [2.45, 2.75) is 82.4 Å². The van der Waals surface area contributed by atoms with Crippen LogP contribution in [0.5, 0.6) is 0 Å². The molecule has 1 saturated carbocycles. The zero-order valence-electron chi connectivity index (χ0n) is 23.2. The standard InChI is InChI=1S/C31H39F2N3O3/c1-30(2,3)20-9-8-10-21(16-20)31(11-6-5-7-12-31)35-18-25(37)24(15-19-13-22(32)17-23(33)14-19)36-27-26(34-4)28(38)29(27)39/h8-10,13-14,16-17,24-25,34-37H,5-7,11-12,15,18H2,1-4H3. The second kappa shape index (κ2) is 11.6. The lowest BCUT2D eigenvalue weighted by Gasteiger charge is -2.41. The lowest BCUT2D eigenvalue weighted by atomic mass is 9.74. The fourth-order valence-corrected chi connectivity index (χ4v) is 5.67. The topological polar surface area (TPSA) is 90.5 Å². The van der Waals surface area contributed by atoms with Crippen LogP contribution in [-0.2, 0) is 17.4 Å². The minimum atomic E-state index is -1.03. The highest BCUT2D eigenvalue weighted by atomic mass is 19.1. The largest absolute Gasteiger partial charge is 0.390 e. The zero-order chi connectivity index (χ0) is 28.4. The lowest BCUT2D eigenvalue weighted by Crippen LogP contribution is -2.52. The minimum Gasteiger partial charge on any atom is -0.390 e. The van der Waals surface area contributed by atoms with Crippen LogP contribution >= 0.6 is 0 Å². The number of benzene rings is 2. The lowest BCUT2D eigenvalue weighted by molar-refractivity contribution is 0.122. The average Bonchev–Trinajstić information content (AvgIpc) is 2.90. The Balaban J connectivity index is 1.61. The van der Waals surface area contributed by atoms with Crippen molar-refractivity contribution >= 4 is 11.4 Å². The first-order valence-electron chi connectivity index (χ1n) is 13.7. The third-order valence-electron chi connectivity index (χ3n) is 7.97. The zero-order valence-corrected chi connectivity index (χ0v) is 23.2. The number of hydrogen-bond donors (Lipinski definition) is 4. The van der Waals surface area contributed by atoms with E-state index in [1.54, 1.807) is 0 Å². The van der Waals surface area contributed by atoms with Gasteiger partial charge in [-0.1, -0.05) is 64.3 Å². The Morgan fingerprint density at radius 3 is 2.21 bits per heavy atom. The van der Waals surface area contributed by atoms with E-state index in [1.165, 1.54) is 30.3 Å². The summed E-state index contributed by atoms with van der Waals surface area (Å²) in [5.74, 6) is -1.44. The maximum absolute atomic E-state index is 13.9. The van der Waals surface area contributed by atoms with Gasteiger partial charge in [-0.15, -0.1) is 0 Å². The van der Waals surface area contributed by atoms with E-state index < -0.39 is 34.6 Å². The Bertz CT molecular complexity index is 1350. The highest BCUT2D eigenvalue weighted by Crippen LogP contribution is 2.38. The minimum absolute atomic E-state index is 0.00782. The van der Waals surface area contributed by atoms with Gasteiger partial charge in [0.2, 0.25) is 0 Å². The first-order chi connectivity index (χ1) is 18.4. The molecule has 4 rings (SSSR count). The number of anilines is 2. The molecule has 1 aliphatic carbocycles.